The van der Waals surface area contributed by atoms with Crippen molar-refractivity contribution < 1.29 is 0 Å². The summed E-state index contributed by atoms with van der Waals surface area (Å²) in [4.78, 5) is 17.2. The van der Waals surface area contributed by atoms with E-state index in [1.54, 1.807) is 35.6 Å². The minimum absolute atomic E-state index is 0. The van der Waals surface area contributed by atoms with Crippen molar-refractivity contribution in [1.29, 1.82) is 0 Å². The molecule has 0 saturated heterocycles. The van der Waals surface area contributed by atoms with Crippen LogP contribution in [-0.2, 0) is 13.5 Å². The first-order valence-corrected chi connectivity index (χ1v) is 9.27. The molecular weight excluding hydrogens is 477 g/mol. The van der Waals surface area contributed by atoms with Crippen LogP contribution in [0.3, 0.4) is 0 Å². The lowest BCUT2D eigenvalue weighted by atomic mass is 10.3. The SMILES string of the molecule is CN=C(NCCNc1ncnc2c1cnn2C)NCCc1csc(C)n1.I. The molecule has 0 fully saturated rings. The van der Waals surface area contributed by atoms with Gasteiger partial charge in [-0.1, -0.05) is 0 Å². The molecular formula is C16H24IN9S. The van der Waals surface area contributed by atoms with Crippen molar-refractivity contribution in [3.8, 4) is 0 Å². The molecule has 0 radical (unpaired) electrons. The Bertz CT molecular complexity index is 889. The first kappa shape index (κ1) is 21.3. The summed E-state index contributed by atoms with van der Waals surface area (Å²) in [6.45, 7) is 4.22. The number of aryl methyl sites for hydroxylation is 2. The summed E-state index contributed by atoms with van der Waals surface area (Å²) >= 11 is 1.68. The van der Waals surface area contributed by atoms with E-state index in [4.69, 9.17) is 0 Å². The van der Waals surface area contributed by atoms with Gasteiger partial charge in [0, 0.05) is 45.5 Å². The van der Waals surface area contributed by atoms with Crippen molar-refractivity contribution in [1.82, 2.24) is 35.4 Å². The number of nitrogens with zero attached hydrogens (tertiary/aromatic N) is 6. The Hall–Kier alpha value is -2.02. The van der Waals surface area contributed by atoms with Crippen molar-refractivity contribution in [3.05, 3.63) is 28.6 Å². The van der Waals surface area contributed by atoms with Crippen molar-refractivity contribution in [3.63, 3.8) is 0 Å². The normalized spacial score (nSPS) is 11.3. The highest BCUT2D eigenvalue weighted by Gasteiger charge is 2.07. The molecule has 3 aromatic rings. The monoisotopic (exact) mass is 501 g/mol. The van der Waals surface area contributed by atoms with Gasteiger partial charge in [0.05, 0.1) is 22.3 Å². The second-order valence-electron chi connectivity index (χ2n) is 5.69. The zero-order valence-corrected chi connectivity index (χ0v) is 18.7. The molecule has 0 unspecified atom stereocenters. The summed E-state index contributed by atoms with van der Waals surface area (Å²) in [5.41, 5.74) is 1.92. The van der Waals surface area contributed by atoms with Gasteiger partial charge in [0.1, 0.15) is 12.1 Å². The van der Waals surface area contributed by atoms with Crippen molar-refractivity contribution >= 4 is 58.1 Å². The maximum atomic E-state index is 4.46. The van der Waals surface area contributed by atoms with Crippen LogP contribution in [0.15, 0.2) is 22.9 Å². The number of aromatic nitrogens is 5. The molecule has 27 heavy (non-hydrogen) atoms. The molecule has 3 N–H and O–H groups in total. The predicted molar refractivity (Wildman–Crippen MR) is 120 cm³/mol. The van der Waals surface area contributed by atoms with Crippen LogP contribution in [0, 0.1) is 6.92 Å². The highest BCUT2D eigenvalue weighted by molar-refractivity contribution is 14.0. The molecule has 0 aliphatic heterocycles. The van der Waals surface area contributed by atoms with Gasteiger partial charge in [-0.2, -0.15) is 5.10 Å². The van der Waals surface area contributed by atoms with Crippen LogP contribution in [0.1, 0.15) is 10.7 Å². The molecule has 3 heterocycles. The van der Waals surface area contributed by atoms with Crippen molar-refractivity contribution in [2.45, 2.75) is 13.3 Å². The zero-order chi connectivity index (χ0) is 18.4. The maximum absolute atomic E-state index is 4.46. The van der Waals surface area contributed by atoms with Crippen molar-refractivity contribution in [2.75, 3.05) is 32.0 Å². The fourth-order valence-corrected chi connectivity index (χ4v) is 3.16. The van der Waals surface area contributed by atoms with Gasteiger partial charge in [-0.25, -0.2) is 15.0 Å². The largest absolute Gasteiger partial charge is 0.368 e. The van der Waals surface area contributed by atoms with Crippen LogP contribution in [-0.4, -0.2) is 57.4 Å². The Morgan fingerprint density at radius 2 is 2.04 bits per heavy atom. The molecule has 11 heteroatoms. The lowest BCUT2D eigenvalue weighted by molar-refractivity contribution is 0.784. The van der Waals surface area contributed by atoms with Crippen LogP contribution < -0.4 is 16.0 Å². The average Bonchev–Trinajstić information content (AvgIpc) is 3.23. The van der Waals surface area contributed by atoms with E-state index in [0.717, 1.165) is 46.5 Å². The summed E-state index contributed by atoms with van der Waals surface area (Å²) < 4.78 is 1.73. The number of halogens is 1. The average molecular weight is 501 g/mol. The third-order valence-electron chi connectivity index (χ3n) is 3.80. The Labute approximate surface area is 179 Å². The Balaban J connectivity index is 0.00000261. The van der Waals surface area contributed by atoms with Gasteiger partial charge in [0.25, 0.3) is 0 Å². The molecule has 0 aliphatic rings. The summed E-state index contributed by atoms with van der Waals surface area (Å²) in [6, 6.07) is 0. The topological polar surface area (TPSA) is 105 Å². The van der Waals surface area contributed by atoms with E-state index >= 15 is 0 Å². The molecule has 3 aromatic heterocycles. The first-order valence-electron chi connectivity index (χ1n) is 8.39. The molecule has 0 amide bonds. The van der Waals surface area contributed by atoms with Crippen LogP contribution in [0.25, 0.3) is 11.0 Å². The molecule has 0 aromatic carbocycles. The summed E-state index contributed by atoms with van der Waals surface area (Å²) in [6.07, 6.45) is 4.19. The number of thiazole rings is 1. The van der Waals surface area contributed by atoms with E-state index in [9.17, 15) is 0 Å². The van der Waals surface area contributed by atoms with E-state index in [1.165, 1.54) is 0 Å². The Morgan fingerprint density at radius 1 is 1.22 bits per heavy atom. The van der Waals surface area contributed by atoms with Crippen LogP contribution in [0.2, 0.25) is 0 Å². The highest BCUT2D eigenvalue weighted by atomic mass is 127. The maximum Gasteiger partial charge on any atom is 0.191 e. The van der Waals surface area contributed by atoms with Gasteiger partial charge >= 0.3 is 0 Å². The second kappa shape index (κ2) is 10.3. The van der Waals surface area contributed by atoms with Crippen LogP contribution in [0.4, 0.5) is 5.82 Å². The number of fused-ring (bicyclic) bond motifs is 1. The molecule has 0 atom stereocenters. The highest BCUT2D eigenvalue weighted by Crippen LogP contribution is 2.17. The molecule has 0 aliphatic carbocycles. The minimum Gasteiger partial charge on any atom is -0.368 e. The number of hydrogen-bond acceptors (Lipinski definition) is 7. The van der Waals surface area contributed by atoms with E-state index < -0.39 is 0 Å². The van der Waals surface area contributed by atoms with Gasteiger partial charge in [-0.3, -0.25) is 9.67 Å². The lowest BCUT2D eigenvalue weighted by Crippen LogP contribution is -2.40. The smallest absolute Gasteiger partial charge is 0.191 e. The summed E-state index contributed by atoms with van der Waals surface area (Å²) in [5, 5.41) is 18.2. The molecule has 0 bridgehead atoms. The first-order chi connectivity index (χ1) is 12.7. The van der Waals surface area contributed by atoms with Gasteiger partial charge < -0.3 is 16.0 Å². The standard InChI is InChI=1S/C16H23N9S.HI/c1-11-24-12(9-26-11)4-5-19-16(17-2)20-7-6-18-14-13-8-23-25(3)15(13)22-10-21-14;/h8-10H,4-7H2,1-3H3,(H2,17,19,20)(H,18,21,22);1H. The molecule has 0 spiro atoms. The van der Waals surface area contributed by atoms with E-state index in [0.29, 0.717) is 13.1 Å². The van der Waals surface area contributed by atoms with Crippen LogP contribution in [0.5, 0.6) is 0 Å². The number of guanidine groups is 1. The van der Waals surface area contributed by atoms with E-state index in [-0.39, 0.29) is 24.0 Å². The van der Waals surface area contributed by atoms with Gasteiger partial charge in [-0.05, 0) is 6.92 Å². The molecule has 0 saturated carbocycles. The molecule has 146 valence electrons. The Morgan fingerprint density at radius 3 is 2.78 bits per heavy atom. The predicted octanol–water partition coefficient (Wildman–Crippen LogP) is 1.57. The summed E-state index contributed by atoms with van der Waals surface area (Å²) in [5.74, 6) is 1.56. The lowest BCUT2D eigenvalue weighted by Gasteiger charge is -2.12. The van der Waals surface area contributed by atoms with Crippen molar-refractivity contribution in [2.24, 2.45) is 12.0 Å². The third-order valence-corrected chi connectivity index (χ3v) is 4.63. The second-order valence-corrected chi connectivity index (χ2v) is 6.75. The van der Waals surface area contributed by atoms with Gasteiger partial charge in [0.15, 0.2) is 11.6 Å². The fraction of sp³-hybridized carbons (Fsp3) is 0.438. The number of rotatable bonds is 7. The Kier molecular flexibility index (Phi) is 8.16. The number of anilines is 1. The molecule has 9 nitrogen and oxygen atoms in total. The van der Waals surface area contributed by atoms with E-state index in [1.807, 2.05) is 14.0 Å². The zero-order valence-electron chi connectivity index (χ0n) is 15.6. The fourth-order valence-electron chi connectivity index (χ4n) is 2.52. The van der Waals surface area contributed by atoms with Gasteiger partial charge in [-0.15, -0.1) is 35.3 Å². The van der Waals surface area contributed by atoms with E-state index in [2.05, 4.69) is 46.4 Å². The number of hydrogen-bond donors (Lipinski definition) is 3. The quantitative estimate of drug-likeness (QED) is 0.195. The van der Waals surface area contributed by atoms with Crippen LogP contribution >= 0.6 is 35.3 Å². The molecule has 3 rings (SSSR count). The minimum atomic E-state index is 0. The third kappa shape index (κ3) is 5.73. The summed E-state index contributed by atoms with van der Waals surface area (Å²) in [7, 11) is 3.63. The number of nitrogens with one attached hydrogen (secondary N) is 3. The number of aliphatic imine (C=N–C) groups is 1. The van der Waals surface area contributed by atoms with Gasteiger partial charge in [0.2, 0.25) is 0 Å².